The topological polar surface area (TPSA) is 43.7 Å². The number of thiocarbonyl (C=S) groups is 1. The molecule has 2 N–H and O–H groups in total. The first-order chi connectivity index (χ1) is 11.8. The number of benzene rings is 2. The van der Waals surface area contributed by atoms with Gasteiger partial charge in [-0.15, -0.1) is 0 Å². The van der Waals surface area contributed by atoms with E-state index in [2.05, 4.69) is 0 Å². The molecule has 1 aliphatic heterocycles. The van der Waals surface area contributed by atoms with Gasteiger partial charge in [0.2, 0.25) is 0 Å². The van der Waals surface area contributed by atoms with Crippen molar-refractivity contribution in [2.75, 3.05) is 4.90 Å². The van der Waals surface area contributed by atoms with Crippen LogP contribution in [0.3, 0.4) is 0 Å². The number of phenols is 1. The number of nitrogens with zero attached hydrogens (tertiary/aromatic N) is 1. The molecule has 0 radical (unpaired) electrons. The van der Waals surface area contributed by atoms with Gasteiger partial charge in [0, 0.05) is 10.6 Å². The van der Waals surface area contributed by atoms with E-state index in [9.17, 15) is 23.4 Å². The van der Waals surface area contributed by atoms with Gasteiger partial charge in [0.1, 0.15) is 10.1 Å². The SMILES string of the molecule is Oc1ccc(/C=C2\SC(=S)N(c3cccc(C(F)(F)F)c3)C2O)cc1. The van der Waals surface area contributed by atoms with Gasteiger partial charge in [-0.25, -0.2) is 0 Å². The average molecular weight is 383 g/mol. The third-order valence-electron chi connectivity index (χ3n) is 3.55. The second kappa shape index (κ2) is 6.70. The van der Waals surface area contributed by atoms with Crippen molar-refractivity contribution in [2.24, 2.45) is 0 Å². The minimum absolute atomic E-state index is 0.114. The van der Waals surface area contributed by atoms with E-state index < -0.39 is 18.0 Å². The highest BCUT2D eigenvalue weighted by atomic mass is 32.2. The van der Waals surface area contributed by atoms with Gasteiger partial charge in [0.25, 0.3) is 0 Å². The summed E-state index contributed by atoms with van der Waals surface area (Å²) in [5, 5.41) is 19.8. The van der Waals surface area contributed by atoms with E-state index in [4.69, 9.17) is 12.2 Å². The minimum Gasteiger partial charge on any atom is -0.508 e. The van der Waals surface area contributed by atoms with Crippen molar-refractivity contribution in [3.05, 3.63) is 64.6 Å². The fraction of sp³-hybridized carbons (Fsp3) is 0.118. The molecule has 1 unspecified atom stereocenters. The van der Waals surface area contributed by atoms with E-state index in [1.165, 1.54) is 29.2 Å². The first-order valence-electron chi connectivity index (χ1n) is 7.13. The zero-order valence-corrected chi connectivity index (χ0v) is 14.2. The highest BCUT2D eigenvalue weighted by Gasteiger charge is 2.35. The highest BCUT2D eigenvalue weighted by molar-refractivity contribution is 8.26. The van der Waals surface area contributed by atoms with Crippen LogP contribution in [0.4, 0.5) is 18.9 Å². The summed E-state index contributed by atoms with van der Waals surface area (Å²) in [7, 11) is 0. The van der Waals surface area contributed by atoms with Gasteiger partial charge in [0.15, 0.2) is 6.23 Å². The molecule has 1 heterocycles. The van der Waals surface area contributed by atoms with Gasteiger partial charge in [-0.2, -0.15) is 13.2 Å². The number of hydrogen-bond donors (Lipinski definition) is 2. The molecular formula is C17H12F3NO2S2. The Bertz CT molecular complexity index is 835. The number of phenolic OH excluding ortho intramolecular Hbond substituents is 1. The molecule has 25 heavy (non-hydrogen) atoms. The van der Waals surface area contributed by atoms with Crippen molar-refractivity contribution in [1.29, 1.82) is 0 Å². The number of aromatic hydroxyl groups is 1. The van der Waals surface area contributed by atoms with Crippen LogP contribution in [0, 0.1) is 0 Å². The smallest absolute Gasteiger partial charge is 0.416 e. The first-order valence-corrected chi connectivity index (χ1v) is 8.35. The first kappa shape index (κ1) is 17.8. The summed E-state index contributed by atoms with van der Waals surface area (Å²) in [5.74, 6) is 0.114. The van der Waals surface area contributed by atoms with Crippen molar-refractivity contribution >= 4 is 40.1 Å². The lowest BCUT2D eigenvalue weighted by Crippen LogP contribution is -2.32. The van der Waals surface area contributed by atoms with Gasteiger partial charge >= 0.3 is 6.18 Å². The maximum absolute atomic E-state index is 12.9. The zero-order chi connectivity index (χ0) is 18.2. The maximum Gasteiger partial charge on any atom is 0.416 e. The summed E-state index contributed by atoms with van der Waals surface area (Å²) in [6.45, 7) is 0. The molecule has 1 atom stereocenters. The molecule has 0 bridgehead atoms. The number of rotatable bonds is 2. The molecule has 0 amide bonds. The van der Waals surface area contributed by atoms with E-state index >= 15 is 0 Å². The third kappa shape index (κ3) is 3.81. The van der Waals surface area contributed by atoms with Crippen LogP contribution >= 0.6 is 24.0 Å². The molecule has 3 rings (SSSR count). The fourth-order valence-electron chi connectivity index (χ4n) is 2.35. The molecule has 1 fully saturated rings. The van der Waals surface area contributed by atoms with Gasteiger partial charge in [-0.05, 0) is 42.0 Å². The Balaban J connectivity index is 1.91. The minimum atomic E-state index is -4.47. The molecule has 8 heteroatoms. The maximum atomic E-state index is 12.9. The summed E-state index contributed by atoms with van der Waals surface area (Å²) in [6.07, 6.45) is -3.97. The number of halogens is 3. The van der Waals surface area contributed by atoms with Gasteiger partial charge in [-0.1, -0.05) is 42.2 Å². The van der Waals surface area contributed by atoms with Gasteiger partial charge in [0.05, 0.1) is 5.56 Å². The normalized spacial score (nSPS) is 19.7. The van der Waals surface area contributed by atoms with Crippen LogP contribution in [0.25, 0.3) is 6.08 Å². The van der Waals surface area contributed by atoms with Crippen molar-refractivity contribution in [3.8, 4) is 5.75 Å². The number of alkyl halides is 3. The van der Waals surface area contributed by atoms with Crippen molar-refractivity contribution in [3.63, 3.8) is 0 Å². The highest BCUT2D eigenvalue weighted by Crippen LogP contribution is 2.40. The Morgan fingerprint density at radius 3 is 2.44 bits per heavy atom. The molecule has 0 saturated carbocycles. The van der Waals surface area contributed by atoms with E-state index in [0.29, 0.717) is 4.91 Å². The predicted octanol–water partition coefficient (Wildman–Crippen LogP) is 4.61. The Hall–Kier alpha value is -2.03. The Morgan fingerprint density at radius 2 is 1.80 bits per heavy atom. The second-order valence-corrected chi connectivity index (χ2v) is 7.01. The van der Waals surface area contributed by atoms with Crippen LogP contribution in [-0.4, -0.2) is 20.8 Å². The Morgan fingerprint density at radius 1 is 1.12 bits per heavy atom. The van der Waals surface area contributed by atoms with Crippen LogP contribution in [0.15, 0.2) is 53.4 Å². The van der Waals surface area contributed by atoms with Crippen molar-refractivity contribution < 1.29 is 23.4 Å². The monoisotopic (exact) mass is 383 g/mol. The number of thioether (sulfide) groups is 1. The van der Waals surface area contributed by atoms with E-state index in [0.717, 1.165) is 29.5 Å². The van der Waals surface area contributed by atoms with Crippen molar-refractivity contribution in [2.45, 2.75) is 12.4 Å². The number of aliphatic hydroxyl groups excluding tert-OH is 1. The molecule has 0 spiro atoms. The number of hydrogen-bond acceptors (Lipinski definition) is 4. The van der Waals surface area contributed by atoms with E-state index in [1.807, 2.05) is 0 Å². The fourth-order valence-corrected chi connectivity index (χ4v) is 3.75. The van der Waals surface area contributed by atoms with Gasteiger partial charge in [-0.3, -0.25) is 4.90 Å². The van der Waals surface area contributed by atoms with E-state index in [1.54, 1.807) is 18.2 Å². The number of aliphatic hydroxyl groups is 1. The largest absolute Gasteiger partial charge is 0.508 e. The Labute approximate surface area is 151 Å². The third-order valence-corrected chi connectivity index (χ3v) is 4.94. The van der Waals surface area contributed by atoms with E-state index in [-0.39, 0.29) is 15.8 Å². The predicted molar refractivity (Wildman–Crippen MR) is 96.2 cm³/mol. The second-order valence-electron chi connectivity index (χ2n) is 5.30. The van der Waals surface area contributed by atoms with Crippen LogP contribution < -0.4 is 4.90 Å². The molecule has 1 saturated heterocycles. The van der Waals surface area contributed by atoms with Crippen LogP contribution in [0.1, 0.15) is 11.1 Å². The summed E-state index contributed by atoms with van der Waals surface area (Å²) >= 11 is 6.33. The molecule has 2 aromatic rings. The molecule has 130 valence electrons. The lowest BCUT2D eigenvalue weighted by molar-refractivity contribution is -0.137. The average Bonchev–Trinajstić information content (AvgIpc) is 2.83. The summed E-state index contributed by atoms with van der Waals surface area (Å²) in [6, 6.07) is 11.0. The molecule has 3 nitrogen and oxygen atoms in total. The van der Waals surface area contributed by atoms with Crippen LogP contribution in [-0.2, 0) is 6.18 Å². The quantitative estimate of drug-likeness (QED) is 0.742. The zero-order valence-electron chi connectivity index (χ0n) is 12.6. The lowest BCUT2D eigenvalue weighted by atomic mass is 10.1. The van der Waals surface area contributed by atoms with Crippen LogP contribution in [0.5, 0.6) is 5.75 Å². The van der Waals surface area contributed by atoms with Crippen molar-refractivity contribution in [1.82, 2.24) is 0 Å². The molecule has 0 aromatic heterocycles. The summed E-state index contributed by atoms with van der Waals surface area (Å²) in [5.41, 5.74) is 0.0999. The molecule has 2 aromatic carbocycles. The number of anilines is 1. The van der Waals surface area contributed by atoms with Gasteiger partial charge < -0.3 is 10.2 Å². The summed E-state index contributed by atoms with van der Waals surface area (Å²) < 4.78 is 38.9. The lowest BCUT2D eigenvalue weighted by Gasteiger charge is -2.22. The van der Waals surface area contributed by atoms with Crippen LogP contribution in [0.2, 0.25) is 0 Å². The summed E-state index contributed by atoms with van der Waals surface area (Å²) in [4.78, 5) is 1.77. The molecule has 0 aliphatic carbocycles. The standard InChI is InChI=1S/C17H12F3NO2S2/c18-17(19,20)11-2-1-3-12(9-11)21-15(23)14(25-16(21)24)8-10-4-6-13(22)7-5-10/h1-9,15,22-23H/b14-8-. The molecule has 1 aliphatic rings. The Kier molecular flexibility index (Phi) is 4.77. The molecular weight excluding hydrogens is 371 g/mol.